The number of carbonyl (C=O) groups is 2. The van der Waals surface area contributed by atoms with Crippen molar-refractivity contribution in [3.05, 3.63) is 11.1 Å². The molecule has 108 valence electrons. The monoisotopic (exact) mass is 305 g/mol. The molecule has 0 saturated carbocycles. The van der Waals surface area contributed by atoms with Gasteiger partial charge in [-0.15, -0.1) is 12.4 Å². The maximum atomic E-state index is 12.2. The van der Waals surface area contributed by atoms with E-state index in [0.717, 1.165) is 0 Å². The van der Waals surface area contributed by atoms with Crippen LogP contribution in [0.2, 0.25) is 0 Å². The van der Waals surface area contributed by atoms with Gasteiger partial charge in [0.05, 0.1) is 16.5 Å². The summed E-state index contributed by atoms with van der Waals surface area (Å²) in [6, 6.07) is 0. The summed E-state index contributed by atoms with van der Waals surface area (Å²) in [7, 11) is 0. The molecule has 0 unspecified atom stereocenters. The first kappa shape index (κ1) is 18.0. The molecular weight excluding hydrogens is 286 g/mol. The van der Waals surface area contributed by atoms with Gasteiger partial charge in [0.1, 0.15) is 0 Å². The predicted octanol–water partition coefficient (Wildman–Crippen LogP) is 2.47. The lowest BCUT2D eigenvalue weighted by Crippen LogP contribution is -2.41. The number of amides is 1. The standard InChI is InChI=1S/C12H19N3O2S.ClH/c1-4-12(5-2,7-13)10(17)15-11-14-6-9(18-11)8(3)16;/h6H,4-5,7,13H2,1-3H3,(H,14,15,17);1H. The first-order chi connectivity index (χ1) is 8.49. The molecule has 7 heteroatoms. The van der Waals surface area contributed by atoms with Gasteiger partial charge in [-0.2, -0.15) is 0 Å². The van der Waals surface area contributed by atoms with Gasteiger partial charge in [0.25, 0.3) is 0 Å². The van der Waals surface area contributed by atoms with Crippen molar-refractivity contribution in [2.24, 2.45) is 11.1 Å². The van der Waals surface area contributed by atoms with Crippen LogP contribution in [-0.4, -0.2) is 23.2 Å². The number of nitrogens with zero attached hydrogens (tertiary/aromatic N) is 1. The SMILES string of the molecule is CCC(CC)(CN)C(=O)Nc1ncc(C(C)=O)s1.Cl. The van der Waals surface area contributed by atoms with Crippen LogP contribution in [0.3, 0.4) is 0 Å². The Hall–Kier alpha value is -0.980. The summed E-state index contributed by atoms with van der Waals surface area (Å²) in [6.07, 6.45) is 2.83. The number of Topliss-reactive ketones (excluding diaryl/α,β-unsaturated/α-hetero) is 1. The molecule has 0 radical (unpaired) electrons. The fourth-order valence-corrected chi connectivity index (χ4v) is 2.38. The van der Waals surface area contributed by atoms with Crippen LogP contribution in [-0.2, 0) is 4.79 Å². The Bertz CT molecular complexity index is 436. The van der Waals surface area contributed by atoms with E-state index in [-0.39, 0.29) is 24.1 Å². The Labute approximate surface area is 123 Å². The molecule has 0 aliphatic carbocycles. The summed E-state index contributed by atoms with van der Waals surface area (Å²) < 4.78 is 0. The summed E-state index contributed by atoms with van der Waals surface area (Å²) in [5, 5.41) is 3.20. The Morgan fingerprint density at radius 2 is 2.00 bits per heavy atom. The normalized spacial score (nSPS) is 10.7. The maximum Gasteiger partial charge on any atom is 0.233 e. The predicted molar refractivity (Wildman–Crippen MR) is 80.1 cm³/mol. The summed E-state index contributed by atoms with van der Waals surface area (Å²) >= 11 is 1.18. The summed E-state index contributed by atoms with van der Waals surface area (Å²) in [4.78, 5) is 27.9. The second-order valence-electron chi connectivity index (χ2n) is 4.23. The van der Waals surface area contributed by atoms with E-state index in [1.54, 1.807) is 0 Å². The minimum atomic E-state index is -0.554. The fourth-order valence-electron chi connectivity index (χ4n) is 1.68. The van der Waals surface area contributed by atoms with Crippen molar-refractivity contribution in [2.45, 2.75) is 33.6 Å². The molecule has 0 aliphatic rings. The number of ketones is 1. The van der Waals surface area contributed by atoms with Crippen molar-refractivity contribution in [1.29, 1.82) is 0 Å². The highest BCUT2D eigenvalue weighted by Gasteiger charge is 2.33. The summed E-state index contributed by atoms with van der Waals surface area (Å²) in [5.74, 6) is -0.177. The molecule has 0 atom stereocenters. The van der Waals surface area contributed by atoms with E-state index in [0.29, 0.717) is 29.4 Å². The number of thiazole rings is 1. The van der Waals surface area contributed by atoms with Crippen molar-refractivity contribution in [2.75, 3.05) is 11.9 Å². The van der Waals surface area contributed by atoms with E-state index in [9.17, 15) is 9.59 Å². The number of nitrogens with two attached hydrogens (primary N) is 1. The van der Waals surface area contributed by atoms with E-state index in [2.05, 4.69) is 10.3 Å². The molecule has 3 N–H and O–H groups in total. The second-order valence-corrected chi connectivity index (χ2v) is 5.26. The Morgan fingerprint density at radius 1 is 1.42 bits per heavy atom. The summed E-state index contributed by atoms with van der Waals surface area (Å²) in [6.45, 7) is 5.66. The molecule has 0 bridgehead atoms. The average molecular weight is 306 g/mol. The number of rotatable bonds is 6. The molecule has 1 heterocycles. The van der Waals surface area contributed by atoms with Crippen molar-refractivity contribution in [3.8, 4) is 0 Å². The lowest BCUT2D eigenvalue weighted by molar-refractivity contribution is -0.125. The lowest BCUT2D eigenvalue weighted by atomic mass is 9.81. The van der Waals surface area contributed by atoms with Crippen molar-refractivity contribution >= 4 is 40.6 Å². The molecule has 0 fully saturated rings. The number of nitrogens with one attached hydrogen (secondary N) is 1. The molecule has 1 rings (SSSR count). The van der Waals surface area contributed by atoms with Crippen LogP contribution >= 0.6 is 23.7 Å². The first-order valence-electron chi connectivity index (χ1n) is 5.97. The molecule has 1 aromatic rings. The highest BCUT2D eigenvalue weighted by Crippen LogP contribution is 2.28. The molecule has 0 aromatic carbocycles. The Kier molecular flexibility index (Phi) is 7.18. The summed E-state index contributed by atoms with van der Waals surface area (Å²) in [5.41, 5.74) is 5.15. The van der Waals surface area contributed by atoms with Gasteiger partial charge in [0.2, 0.25) is 5.91 Å². The quantitative estimate of drug-likeness (QED) is 0.791. The van der Waals surface area contributed by atoms with Crippen LogP contribution in [0.5, 0.6) is 0 Å². The van der Waals surface area contributed by atoms with E-state index >= 15 is 0 Å². The largest absolute Gasteiger partial charge is 0.329 e. The third-order valence-corrected chi connectivity index (χ3v) is 4.31. The number of halogens is 1. The topological polar surface area (TPSA) is 85.1 Å². The van der Waals surface area contributed by atoms with Gasteiger partial charge >= 0.3 is 0 Å². The maximum absolute atomic E-state index is 12.2. The smallest absolute Gasteiger partial charge is 0.233 e. The van der Waals surface area contributed by atoms with Gasteiger partial charge in [-0.05, 0) is 12.8 Å². The zero-order valence-corrected chi connectivity index (χ0v) is 13.0. The van der Waals surface area contributed by atoms with E-state index in [4.69, 9.17) is 5.73 Å². The fraction of sp³-hybridized carbons (Fsp3) is 0.583. The third-order valence-electron chi connectivity index (χ3n) is 3.30. The van der Waals surface area contributed by atoms with Crippen molar-refractivity contribution in [1.82, 2.24) is 4.98 Å². The number of anilines is 1. The van der Waals surface area contributed by atoms with Crippen LogP contribution < -0.4 is 11.1 Å². The molecule has 0 saturated heterocycles. The number of carbonyl (C=O) groups excluding carboxylic acids is 2. The molecule has 5 nitrogen and oxygen atoms in total. The molecule has 1 aromatic heterocycles. The van der Waals surface area contributed by atoms with Gasteiger partial charge in [-0.25, -0.2) is 4.98 Å². The lowest BCUT2D eigenvalue weighted by Gasteiger charge is -2.27. The Morgan fingerprint density at radius 3 is 2.37 bits per heavy atom. The minimum Gasteiger partial charge on any atom is -0.329 e. The van der Waals surface area contributed by atoms with Crippen LogP contribution in [0, 0.1) is 5.41 Å². The van der Waals surface area contributed by atoms with Gasteiger partial charge in [-0.3, -0.25) is 9.59 Å². The zero-order valence-electron chi connectivity index (χ0n) is 11.4. The average Bonchev–Trinajstić information content (AvgIpc) is 2.81. The molecular formula is C12H20ClN3O2S. The van der Waals surface area contributed by atoms with E-state index in [1.165, 1.54) is 24.5 Å². The molecule has 19 heavy (non-hydrogen) atoms. The van der Waals surface area contributed by atoms with Crippen molar-refractivity contribution < 1.29 is 9.59 Å². The van der Waals surface area contributed by atoms with Crippen LogP contribution in [0.25, 0.3) is 0 Å². The van der Waals surface area contributed by atoms with Crippen LogP contribution in [0.4, 0.5) is 5.13 Å². The second kappa shape index (κ2) is 7.57. The molecule has 1 amide bonds. The highest BCUT2D eigenvalue weighted by atomic mass is 35.5. The number of aromatic nitrogens is 1. The first-order valence-corrected chi connectivity index (χ1v) is 6.79. The van der Waals surface area contributed by atoms with Gasteiger partial charge < -0.3 is 11.1 Å². The third kappa shape index (κ3) is 3.99. The number of hydrogen-bond donors (Lipinski definition) is 2. The zero-order chi connectivity index (χ0) is 13.8. The van der Waals surface area contributed by atoms with Crippen LogP contribution in [0.15, 0.2) is 6.20 Å². The van der Waals surface area contributed by atoms with E-state index < -0.39 is 5.41 Å². The van der Waals surface area contributed by atoms with Gasteiger partial charge in [0, 0.05) is 13.5 Å². The van der Waals surface area contributed by atoms with E-state index in [1.807, 2.05) is 13.8 Å². The molecule has 0 spiro atoms. The van der Waals surface area contributed by atoms with Crippen LogP contribution in [0.1, 0.15) is 43.3 Å². The minimum absolute atomic E-state index is 0. The number of hydrogen-bond acceptors (Lipinski definition) is 5. The Balaban J connectivity index is 0.00000324. The molecule has 0 aliphatic heterocycles. The van der Waals surface area contributed by atoms with Gasteiger partial charge in [-0.1, -0.05) is 25.2 Å². The van der Waals surface area contributed by atoms with Gasteiger partial charge in [0.15, 0.2) is 10.9 Å². The highest BCUT2D eigenvalue weighted by molar-refractivity contribution is 7.17. The van der Waals surface area contributed by atoms with Crippen molar-refractivity contribution in [3.63, 3.8) is 0 Å².